The number of rotatable bonds is 3. The van der Waals surface area contributed by atoms with E-state index in [0.29, 0.717) is 36.4 Å². The third kappa shape index (κ3) is 2.51. The summed E-state index contributed by atoms with van der Waals surface area (Å²) in [5.41, 5.74) is 7.84. The summed E-state index contributed by atoms with van der Waals surface area (Å²) in [5, 5.41) is 9.52. The van der Waals surface area contributed by atoms with Gasteiger partial charge in [-0.3, -0.25) is 0 Å². The second-order valence-electron chi connectivity index (χ2n) is 5.64. The summed E-state index contributed by atoms with van der Waals surface area (Å²) in [6.07, 6.45) is 0.607. The van der Waals surface area contributed by atoms with Crippen LogP contribution in [0.3, 0.4) is 0 Å². The summed E-state index contributed by atoms with van der Waals surface area (Å²) < 4.78 is 25.9. The fraction of sp³-hybridized carbons (Fsp3) is 0.500. The molecule has 1 aliphatic heterocycles. The molecular formula is C14H19N3O3S. The highest BCUT2D eigenvalue weighted by Crippen LogP contribution is 2.27. The zero-order chi connectivity index (χ0) is 15.2. The van der Waals surface area contributed by atoms with Gasteiger partial charge in [0, 0.05) is 12.2 Å². The molecule has 3 N–H and O–H groups in total. The molecule has 2 aromatic rings. The zero-order valence-electron chi connectivity index (χ0n) is 11.9. The Kier molecular flexibility index (Phi) is 3.41. The Hall–Kier alpha value is -1.60. The maximum absolute atomic E-state index is 12.0. The highest BCUT2D eigenvalue weighted by Gasteiger charge is 2.32. The van der Waals surface area contributed by atoms with Gasteiger partial charge < -0.3 is 15.4 Å². The Bertz CT molecular complexity index is 780. The Labute approximate surface area is 123 Å². The number of anilines is 1. The van der Waals surface area contributed by atoms with E-state index in [0.717, 1.165) is 5.52 Å². The average molecular weight is 309 g/mol. The summed E-state index contributed by atoms with van der Waals surface area (Å²) in [5.74, 6) is 0.735. The average Bonchev–Trinajstić information content (AvgIpc) is 2.91. The Morgan fingerprint density at radius 1 is 1.52 bits per heavy atom. The van der Waals surface area contributed by atoms with Crippen LogP contribution in [0.1, 0.15) is 31.7 Å². The molecule has 0 bridgehead atoms. The van der Waals surface area contributed by atoms with Crippen molar-refractivity contribution in [3.8, 4) is 0 Å². The van der Waals surface area contributed by atoms with Gasteiger partial charge in [0.2, 0.25) is 0 Å². The molecule has 2 atom stereocenters. The highest BCUT2D eigenvalue weighted by molar-refractivity contribution is 7.92. The molecule has 1 aliphatic rings. The van der Waals surface area contributed by atoms with Gasteiger partial charge in [-0.25, -0.2) is 13.4 Å². The molecule has 21 heavy (non-hydrogen) atoms. The maximum Gasteiger partial charge on any atom is 0.154 e. The molecule has 1 fully saturated rings. The number of hydrogen-bond donors (Lipinski definition) is 2. The monoisotopic (exact) mass is 309 g/mol. The van der Waals surface area contributed by atoms with E-state index < -0.39 is 21.2 Å². The topological polar surface area (TPSA) is 98.2 Å². The van der Waals surface area contributed by atoms with Crippen LogP contribution < -0.4 is 5.73 Å². The molecule has 0 amide bonds. The molecule has 1 aromatic carbocycles. The van der Waals surface area contributed by atoms with Gasteiger partial charge in [-0.05, 0) is 38.0 Å². The molecule has 0 saturated carbocycles. The van der Waals surface area contributed by atoms with Gasteiger partial charge in [-0.2, -0.15) is 0 Å². The van der Waals surface area contributed by atoms with E-state index in [1.165, 1.54) is 0 Å². The normalized spacial score (nSPS) is 22.7. The van der Waals surface area contributed by atoms with E-state index in [1.807, 2.05) is 10.6 Å². The number of nitrogen functional groups attached to an aromatic ring is 1. The molecule has 7 heteroatoms. The van der Waals surface area contributed by atoms with E-state index in [9.17, 15) is 13.5 Å². The summed E-state index contributed by atoms with van der Waals surface area (Å²) in [6.45, 7) is 1.97. The van der Waals surface area contributed by atoms with Gasteiger partial charge in [-0.15, -0.1) is 0 Å². The van der Waals surface area contributed by atoms with Crippen LogP contribution >= 0.6 is 0 Å². The van der Waals surface area contributed by atoms with Crippen molar-refractivity contribution in [3.63, 3.8) is 0 Å². The standard InChI is InChI=1S/C14H19N3O3S/c1-9(18)14-16-12-7-10(15)4-5-13(12)17(14)8-11-3-2-6-21(11,19)20/h4-5,7,9,11,18H,2-3,6,8,15H2,1H3. The third-order valence-corrected chi connectivity index (χ3v) is 6.28. The van der Waals surface area contributed by atoms with Crippen LogP contribution in [0.25, 0.3) is 11.0 Å². The van der Waals surface area contributed by atoms with Crippen molar-refractivity contribution < 1.29 is 13.5 Å². The van der Waals surface area contributed by atoms with Crippen molar-refractivity contribution in [2.24, 2.45) is 0 Å². The van der Waals surface area contributed by atoms with Crippen LogP contribution in [-0.2, 0) is 16.4 Å². The SMILES string of the molecule is CC(O)c1nc2cc(N)ccc2n1CC1CCCS1(=O)=O. The van der Waals surface area contributed by atoms with Crippen molar-refractivity contribution >= 4 is 26.6 Å². The number of aromatic nitrogens is 2. The molecule has 3 rings (SSSR count). The van der Waals surface area contributed by atoms with Crippen LogP contribution in [0.4, 0.5) is 5.69 Å². The van der Waals surface area contributed by atoms with E-state index in [1.54, 1.807) is 19.1 Å². The number of fused-ring (bicyclic) bond motifs is 1. The number of benzene rings is 1. The Morgan fingerprint density at radius 2 is 2.29 bits per heavy atom. The van der Waals surface area contributed by atoms with Crippen molar-refractivity contribution in [2.75, 3.05) is 11.5 Å². The van der Waals surface area contributed by atoms with Crippen molar-refractivity contribution in [1.29, 1.82) is 0 Å². The number of aliphatic hydroxyl groups is 1. The van der Waals surface area contributed by atoms with E-state index in [4.69, 9.17) is 5.73 Å². The first-order valence-electron chi connectivity index (χ1n) is 7.04. The predicted molar refractivity (Wildman–Crippen MR) is 81.6 cm³/mol. The predicted octanol–water partition coefficient (Wildman–Crippen LogP) is 1.25. The fourth-order valence-corrected chi connectivity index (χ4v) is 4.75. The van der Waals surface area contributed by atoms with Crippen LogP contribution in [0.5, 0.6) is 0 Å². The van der Waals surface area contributed by atoms with Crippen LogP contribution in [0.15, 0.2) is 18.2 Å². The first kappa shape index (κ1) is 14.3. The number of nitrogens with zero attached hydrogens (tertiary/aromatic N) is 2. The molecule has 0 spiro atoms. The van der Waals surface area contributed by atoms with Gasteiger partial charge >= 0.3 is 0 Å². The molecule has 114 valence electrons. The summed E-state index contributed by atoms with van der Waals surface area (Å²) in [4.78, 5) is 4.40. The summed E-state index contributed by atoms with van der Waals surface area (Å²) >= 11 is 0. The van der Waals surface area contributed by atoms with Crippen LogP contribution in [0.2, 0.25) is 0 Å². The largest absolute Gasteiger partial charge is 0.399 e. The van der Waals surface area contributed by atoms with Crippen molar-refractivity contribution in [1.82, 2.24) is 9.55 Å². The van der Waals surface area contributed by atoms with Gasteiger partial charge in [0.1, 0.15) is 11.9 Å². The van der Waals surface area contributed by atoms with Crippen molar-refractivity contribution in [2.45, 2.75) is 37.7 Å². The molecular weight excluding hydrogens is 290 g/mol. The molecule has 2 unspecified atom stereocenters. The highest BCUT2D eigenvalue weighted by atomic mass is 32.2. The van der Waals surface area contributed by atoms with Crippen LogP contribution in [-0.4, -0.2) is 34.1 Å². The number of hydrogen-bond acceptors (Lipinski definition) is 5. The van der Waals surface area contributed by atoms with Crippen LogP contribution in [0, 0.1) is 0 Å². The quantitative estimate of drug-likeness (QED) is 0.831. The summed E-state index contributed by atoms with van der Waals surface area (Å²) in [7, 11) is -3.04. The van der Waals surface area contributed by atoms with Gasteiger partial charge in [0.25, 0.3) is 0 Å². The van der Waals surface area contributed by atoms with Gasteiger partial charge in [-0.1, -0.05) is 0 Å². The lowest BCUT2D eigenvalue weighted by molar-refractivity contribution is 0.184. The lowest BCUT2D eigenvalue weighted by atomic mass is 10.2. The van der Waals surface area contributed by atoms with E-state index in [2.05, 4.69) is 4.98 Å². The molecule has 1 saturated heterocycles. The van der Waals surface area contributed by atoms with Gasteiger partial charge in [0.15, 0.2) is 9.84 Å². The smallest absolute Gasteiger partial charge is 0.154 e. The molecule has 6 nitrogen and oxygen atoms in total. The lowest BCUT2D eigenvalue weighted by Gasteiger charge is -2.15. The summed E-state index contributed by atoms with van der Waals surface area (Å²) in [6, 6.07) is 5.32. The molecule has 0 radical (unpaired) electrons. The Balaban J connectivity index is 2.09. The first-order valence-corrected chi connectivity index (χ1v) is 8.75. The second kappa shape index (κ2) is 4.99. The van der Waals surface area contributed by atoms with E-state index in [-0.39, 0.29) is 5.75 Å². The lowest BCUT2D eigenvalue weighted by Crippen LogP contribution is -2.23. The fourth-order valence-electron chi connectivity index (χ4n) is 2.94. The minimum absolute atomic E-state index is 0.251. The Morgan fingerprint density at radius 3 is 2.90 bits per heavy atom. The number of aliphatic hydroxyl groups excluding tert-OH is 1. The second-order valence-corrected chi connectivity index (χ2v) is 8.04. The minimum atomic E-state index is -3.04. The number of nitrogens with two attached hydrogens (primary N) is 1. The van der Waals surface area contributed by atoms with E-state index >= 15 is 0 Å². The first-order chi connectivity index (χ1) is 9.88. The molecule has 1 aromatic heterocycles. The third-order valence-electron chi connectivity index (χ3n) is 4.02. The minimum Gasteiger partial charge on any atom is -0.399 e. The molecule has 0 aliphatic carbocycles. The van der Waals surface area contributed by atoms with Gasteiger partial charge in [0.05, 0.1) is 22.0 Å². The maximum atomic E-state index is 12.0. The molecule has 2 heterocycles. The number of imidazole rings is 1. The number of sulfone groups is 1. The zero-order valence-corrected chi connectivity index (χ0v) is 12.7. The van der Waals surface area contributed by atoms with Crippen molar-refractivity contribution in [3.05, 3.63) is 24.0 Å².